The number of Topliss-reactive ketones (excluding diaryl/α,β-unsaturated/α-hetero) is 1. The number of ketones is 1. The number of H-pyrrole nitrogens is 1. The van der Waals surface area contributed by atoms with Crippen LogP contribution in [0.3, 0.4) is 0 Å². The molecule has 0 saturated carbocycles. The summed E-state index contributed by atoms with van der Waals surface area (Å²) in [4.78, 5) is 14.6. The van der Waals surface area contributed by atoms with Crippen LogP contribution < -0.4 is 0 Å². The number of aromatic nitrogens is 1. The summed E-state index contributed by atoms with van der Waals surface area (Å²) in [6.07, 6.45) is 1.93. The molecule has 0 fully saturated rings. The highest BCUT2D eigenvalue weighted by atomic mass is 16.1. The van der Waals surface area contributed by atoms with Crippen LogP contribution in [0, 0.1) is 0 Å². The number of fused-ring (bicyclic) bond motifs is 1. The molecule has 3 rings (SSSR count). The van der Waals surface area contributed by atoms with Gasteiger partial charge in [0.15, 0.2) is 5.78 Å². The van der Waals surface area contributed by atoms with Crippen LogP contribution >= 0.6 is 0 Å². The van der Waals surface area contributed by atoms with Gasteiger partial charge in [-0.2, -0.15) is 0 Å². The number of rotatable bonds is 2. The van der Waals surface area contributed by atoms with Crippen molar-refractivity contribution in [2.24, 2.45) is 0 Å². The fraction of sp³-hybridized carbons (Fsp3) is 0.0625. The highest BCUT2D eigenvalue weighted by molar-refractivity contribution is 5.95. The highest BCUT2D eigenvalue weighted by Crippen LogP contribution is 2.24. The molecule has 0 spiro atoms. The van der Waals surface area contributed by atoms with Crippen LogP contribution in [-0.4, -0.2) is 10.8 Å². The number of hydrogen-bond donors (Lipinski definition) is 1. The molecule has 0 aliphatic heterocycles. The van der Waals surface area contributed by atoms with Gasteiger partial charge in [0.05, 0.1) is 0 Å². The molecular weight excluding hydrogens is 222 g/mol. The molecule has 1 heterocycles. The van der Waals surface area contributed by atoms with Gasteiger partial charge in [0, 0.05) is 17.3 Å². The average molecular weight is 235 g/mol. The molecule has 18 heavy (non-hydrogen) atoms. The molecule has 0 saturated heterocycles. The average Bonchev–Trinajstić information content (AvgIpc) is 2.86. The van der Waals surface area contributed by atoms with Gasteiger partial charge >= 0.3 is 0 Å². The maximum absolute atomic E-state index is 11.4. The summed E-state index contributed by atoms with van der Waals surface area (Å²) in [5.41, 5.74) is 4.08. The molecule has 1 N–H and O–H groups in total. The Hall–Kier alpha value is -2.35. The van der Waals surface area contributed by atoms with E-state index in [0.29, 0.717) is 0 Å². The van der Waals surface area contributed by atoms with E-state index in [2.05, 4.69) is 23.2 Å². The lowest BCUT2D eigenvalue weighted by Gasteiger charge is -2.04. The van der Waals surface area contributed by atoms with Crippen molar-refractivity contribution in [3.05, 3.63) is 60.3 Å². The van der Waals surface area contributed by atoms with Crippen LogP contribution in [0.2, 0.25) is 0 Å². The van der Waals surface area contributed by atoms with Crippen molar-refractivity contribution in [2.75, 3.05) is 0 Å². The third-order valence-electron chi connectivity index (χ3n) is 3.16. The Kier molecular flexibility index (Phi) is 2.49. The molecule has 3 aromatic rings. The molecule has 0 aliphatic carbocycles. The van der Waals surface area contributed by atoms with E-state index in [9.17, 15) is 4.79 Å². The second kappa shape index (κ2) is 4.15. The first kappa shape index (κ1) is 10.8. The Labute approximate surface area is 105 Å². The van der Waals surface area contributed by atoms with Gasteiger partial charge in [-0.15, -0.1) is 0 Å². The molecule has 0 radical (unpaired) electrons. The fourth-order valence-electron chi connectivity index (χ4n) is 2.15. The van der Waals surface area contributed by atoms with Gasteiger partial charge in [-0.25, -0.2) is 0 Å². The minimum absolute atomic E-state index is 0.0968. The predicted octanol–water partition coefficient (Wildman–Crippen LogP) is 4.04. The minimum Gasteiger partial charge on any atom is -0.361 e. The van der Waals surface area contributed by atoms with E-state index in [4.69, 9.17) is 0 Å². The Morgan fingerprint density at radius 2 is 1.83 bits per heavy atom. The van der Waals surface area contributed by atoms with Crippen molar-refractivity contribution < 1.29 is 4.79 Å². The third kappa shape index (κ3) is 1.82. The number of carbonyl (C=O) groups excluding carboxylic acids is 1. The normalized spacial score (nSPS) is 10.7. The van der Waals surface area contributed by atoms with Crippen LogP contribution in [0.15, 0.2) is 54.7 Å². The molecule has 0 unspecified atom stereocenters. The number of carbonyl (C=O) groups is 1. The number of benzene rings is 2. The molecule has 0 atom stereocenters. The summed E-state index contributed by atoms with van der Waals surface area (Å²) in [5, 5.41) is 1.18. The molecular formula is C16H13NO. The van der Waals surface area contributed by atoms with Crippen molar-refractivity contribution in [2.45, 2.75) is 6.92 Å². The van der Waals surface area contributed by atoms with Crippen LogP contribution in [0.5, 0.6) is 0 Å². The Morgan fingerprint density at radius 3 is 2.67 bits per heavy atom. The van der Waals surface area contributed by atoms with Gasteiger partial charge in [0.25, 0.3) is 0 Å². The fourth-order valence-corrected chi connectivity index (χ4v) is 2.15. The second-order valence-electron chi connectivity index (χ2n) is 4.42. The van der Waals surface area contributed by atoms with E-state index < -0.39 is 0 Å². The van der Waals surface area contributed by atoms with Crippen LogP contribution in [0.25, 0.3) is 22.0 Å². The van der Waals surface area contributed by atoms with Crippen LogP contribution in [0.4, 0.5) is 0 Å². The third-order valence-corrected chi connectivity index (χ3v) is 3.16. The quantitative estimate of drug-likeness (QED) is 0.668. The van der Waals surface area contributed by atoms with Crippen molar-refractivity contribution >= 4 is 16.7 Å². The van der Waals surface area contributed by atoms with Gasteiger partial charge in [-0.3, -0.25) is 4.79 Å². The van der Waals surface area contributed by atoms with E-state index in [-0.39, 0.29) is 5.78 Å². The van der Waals surface area contributed by atoms with Gasteiger partial charge < -0.3 is 4.98 Å². The maximum atomic E-state index is 11.4. The largest absolute Gasteiger partial charge is 0.361 e. The summed E-state index contributed by atoms with van der Waals surface area (Å²) >= 11 is 0. The highest BCUT2D eigenvalue weighted by Gasteiger charge is 2.03. The van der Waals surface area contributed by atoms with Gasteiger partial charge in [-0.1, -0.05) is 24.3 Å². The molecule has 88 valence electrons. The Morgan fingerprint density at radius 1 is 1.00 bits per heavy atom. The van der Waals surface area contributed by atoms with Gasteiger partial charge in [-0.05, 0) is 47.7 Å². The van der Waals surface area contributed by atoms with Crippen molar-refractivity contribution in [1.82, 2.24) is 4.98 Å². The summed E-state index contributed by atoms with van der Waals surface area (Å²) in [6.45, 7) is 1.59. The van der Waals surface area contributed by atoms with E-state index in [0.717, 1.165) is 22.2 Å². The van der Waals surface area contributed by atoms with Crippen molar-refractivity contribution in [3.8, 4) is 11.1 Å². The molecule has 2 nitrogen and oxygen atoms in total. The minimum atomic E-state index is 0.0968. The number of hydrogen-bond acceptors (Lipinski definition) is 1. The molecule has 2 heteroatoms. The lowest BCUT2D eigenvalue weighted by Crippen LogP contribution is -1.91. The van der Waals surface area contributed by atoms with Crippen molar-refractivity contribution in [1.29, 1.82) is 0 Å². The lowest BCUT2D eigenvalue weighted by atomic mass is 10.0. The molecule has 0 amide bonds. The van der Waals surface area contributed by atoms with Gasteiger partial charge in [0.2, 0.25) is 0 Å². The zero-order valence-corrected chi connectivity index (χ0v) is 10.1. The standard InChI is InChI=1S/C16H13NO/c1-11(18)12-3-2-4-13(9-12)14-5-6-16-15(10-14)7-8-17-16/h2-10,17H,1H3. The second-order valence-corrected chi connectivity index (χ2v) is 4.42. The summed E-state index contributed by atoms with van der Waals surface area (Å²) in [6, 6.07) is 16.0. The van der Waals surface area contributed by atoms with E-state index >= 15 is 0 Å². The number of nitrogens with one attached hydrogen (secondary N) is 1. The van der Waals surface area contributed by atoms with E-state index in [1.165, 1.54) is 5.39 Å². The zero-order chi connectivity index (χ0) is 12.5. The first-order valence-corrected chi connectivity index (χ1v) is 5.92. The maximum Gasteiger partial charge on any atom is 0.159 e. The van der Waals surface area contributed by atoms with E-state index in [1.807, 2.05) is 36.5 Å². The number of aromatic amines is 1. The predicted molar refractivity (Wildman–Crippen MR) is 73.7 cm³/mol. The topological polar surface area (TPSA) is 32.9 Å². The van der Waals surface area contributed by atoms with E-state index in [1.54, 1.807) is 6.92 Å². The summed E-state index contributed by atoms with van der Waals surface area (Å²) in [5.74, 6) is 0.0968. The van der Waals surface area contributed by atoms with Crippen molar-refractivity contribution in [3.63, 3.8) is 0 Å². The smallest absolute Gasteiger partial charge is 0.159 e. The first-order chi connectivity index (χ1) is 8.74. The molecule has 0 bridgehead atoms. The lowest BCUT2D eigenvalue weighted by molar-refractivity contribution is 0.101. The SMILES string of the molecule is CC(=O)c1cccc(-c2ccc3[nH]ccc3c2)c1. The van der Waals surface area contributed by atoms with Gasteiger partial charge in [0.1, 0.15) is 0 Å². The summed E-state index contributed by atoms with van der Waals surface area (Å²) in [7, 11) is 0. The zero-order valence-electron chi connectivity index (χ0n) is 10.1. The molecule has 1 aromatic heterocycles. The first-order valence-electron chi connectivity index (χ1n) is 5.92. The van der Waals surface area contributed by atoms with Crippen LogP contribution in [0.1, 0.15) is 17.3 Å². The van der Waals surface area contributed by atoms with Crippen LogP contribution in [-0.2, 0) is 0 Å². The Balaban J connectivity index is 2.13. The monoisotopic (exact) mass is 235 g/mol. The molecule has 2 aromatic carbocycles. The molecule has 0 aliphatic rings. The summed E-state index contributed by atoms with van der Waals surface area (Å²) < 4.78 is 0. The Bertz CT molecular complexity index is 725.